The molecule has 0 saturated heterocycles. The molecule has 1 aliphatic carbocycles. The van der Waals surface area contributed by atoms with E-state index in [0.717, 1.165) is 30.6 Å². The summed E-state index contributed by atoms with van der Waals surface area (Å²) < 4.78 is 43.5. The Morgan fingerprint density at radius 2 is 2.07 bits per heavy atom. The molecule has 1 saturated carbocycles. The van der Waals surface area contributed by atoms with Crippen LogP contribution in [0.15, 0.2) is 29.3 Å². The van der Waals surface area contributed by atoms with Gasteiger partial charge in [-0.25, -0.2) is 15.0 Å². The van der Waals surface area contributed by atoms with Gasteiger partial charge in [-0.1, -0.05) is 0 Å². The van der Waals surface area contributed by atoms with Gasteiger partial charge in [0.15, 0.2) is 5.89 Å². The van der Waals surface area contributed by atoms with Crippen molar-refractivity contribution in [3.63, 3.8) is 0 Å². The molecule has 1 aliphatic rings. The molecule has 0 amide bonds. The maximum absolute atomic E-state index is 12.7. The van der Waals surface area contributed by atoms with Crippen molar-refractivity contribution in [2.24, 2.45) is 5.73 Å². The lowest BCUT2D eigenvalue weighted by atomic mass is 9.82. The van der Waals surface area contributed by atoms with Gasteiger partial charge < -0.3 is 15.5 Å². The fourth-order valence-electron chi connectivity index (χ4n) is 3.62. The fourth-order valence-corrected chi connectivity index (χ4v) is 4.64. The Morgan fingerprint density at radius 3 is 2.81 bits per heavy atom. The Balaban J connectivity index is 1.55. The molecule has 3 N–H and O–H groups in total. The van der Waals surface area contributed by atoms with Crippen molar-refractivity contribution in [2.45, 2.75) is 49.9 Å². The van der Waals surface area contributed by atoms with Crippen LogP contribution in [0.3, 0.4) is 0 Å². The van der Waals surface area contributed by atoms with Crippen LogP contribution in [0.1, 0.15) is 35.9 Å². The van der Waals surface area contributed by atoms with E-state index in [1.54, 1.807) is 12.5 Å². The number of hydrogen-bond donors (Lipinski definition) is 2. The van der Waals surface area contributed by atoms with Crippen molar-refractivity contribution >= 4 is 27.4 Å². The van der Waals surface area contributed by atoms with Crippen LogP contribution < -0.4 is 11.1 Å². The van der Waals surface area contributed by atoms with E-state index >= 15 is 0 Å². The summed E-state index contributed by atoms with van der Waals surface area (Å²) in [6, 6.07) is 1.52. The van der Waals surface area contributed by atoms with Crippen molar-refractivity contribution in [1.82, 2.24) is 15.0 Å². The first-order valence-corrected chi connectivity index (χ1v) is 9.40. The molecule has 4 rings (SSSR count). The highest BCUT2D eigenvalue weighted by molar-refractivity contribution is 7.18. The van der Waals surface area contributed by atoms with Crippen molar-refractivity contribution in [3.05, 3.63) is 35.6 Å². The third-order valence-electron chi connectivity index (χ3n) is 4.64. The number of thiophene rings is 1. The molecule has 0 aliphatic heterocycles. The zero-order valence-electron chi connectivity index (χ0n) is 14.2. The zero-order valence-corrected chi connectivity index (χ0v) is 15.1. The molecule has 0 bridgehead atoms. The van der Waals surface area contributed by atoms with Crippen LogP contribution in [0.4, 0.5) is 19.0 Å². The number of nitrogens with two attached hydrogens (primary N) is 1. The molecule has 3 aromatic heterocycles. The lowest BCUT2D eigenvalue weighted by Gasteiger charge is -2.32. The quantitative estimate of drug-likeness (QED) is 0.695. The normalized spacial score (nSPS) is 23.6. The molecule has 27 heavy (non-hydrogen) atoms. The molecule has 6 nitrogen and oxygen atoms in total. The Morgan fingerprint density at radius 1 is 1.22 bits per heavy atom. The molecule has 0 aromatic carbocycles. The topological polar surface area (TPSA) is 89.9 Å². The third-order valence-corrected chi connectivity index (χ3v) is 5.68. The standard InChI is InChI=1S/C17H18F3N5OS/c18-17(19,20)7-12-6-13-14(23-8-24-16(13)27-12)25-11-4-9(3-10(21)5-11)15-22-1-2-26-15/h1-2,6,8-11H,3-5,7,21H2,(H,23,24,25)/t9-,10+,11-/m1/s1. The first-order chi connectivity index (χ1) is 12.9. The summed E-state index contributed by atoms with van der Waals surface area (Å²) in [4.78, 5) is 13.3. The maximum atomic E-state index is 12.7. The second kappa shape index (κ2) is 7.08. The van der Waals surface area contributed by atoms with Crippen LogP contribution in [0.5, 0.6) is 0 Å². The highest BCUT2D eigenvalue weighted by Gasteiger charge is 2.32. The number of rotatable bonds is 4. The Hall–Kier alpha value is -2.20. The van der Waals surface area contributed by atoms with Gasteiger partial charge in [-0.3, -0.25) is 0 Å². The van der Waals surface area contributed by atoms with Gasteiger partial charge >= 0.3 is 6.18 Å². The minimum atomic E-state index is -4.25. The monoisotopic (exact) mass is 397 g/mol. The Labute approximate surface area is 157 Å². The van der Waals surface area contributed by atoms with Gasteiger partial charge in [-0.15, -0.1) is 11.3 Å². The molecule has 0 spiro atoms. The average molecular weight is 397 g/mol. The number of aromatic nitrogens is 3. The third kappa shape index (κ3) is 4.22. The van der Waals surface area contributed by atoms with Gasteiger partial charge in [0.25, 0.3) is 0 Å². The molecule has 1 fully saturated rings. The van der Waals surface area contributed by atoms with E-state index in [-0.39, 0.29) is 22.9 Å². The summed E-state index contributed by atoms with van der Waals surface area (Å²) in [6.07, 6.45) is 1.59. The second-order valence-corrected chi connectivity index (χ2v) is 7.94. The molecule has 0 unspecified atom stereocenters. The summed E-state index contributed by atoms with van der Waals surface area (Å²) in [5.74, 6) is 1.30. The largest absolute Gasteiger partial charge is 0.449 e. The fraction of sp³-hybridized carbons (Fsp3) is 0.471. The van der Waals surface area contributed by atoms with E-state index in [0.29, 0.717) is 21.9 Å². The predicted octanol–water partition coefficient (Wildman–Crippen LogP) is 3.86. The summed E-state index contributed by atoms with van der Waals surface area (Å²) in [6.45, 7) is 0. The number of alkyl halides is 3. The van der Waals surface area contributed by atoms with E-state index in [4.69, 9.17) is 10.2 Å². The number of hydrogen-bond acceptors (Lipinski definition) is 7. The molecular weight excluding hydrogens is 379 g/mol. The van der Waals surface area contributed by atoms with Gasteiger partial charge in [0.2, 0.25) is 0 Å². The number of nitrogens with one attached hydrogen (secondary N) is 1. The highest BCUT2D eigenvalue weighted by atomic mass is 32.1. The van der Waals surface area contributed by atoms with E-state index in [1.165, 1.54) is 12.4 Å². The lowest BCUT2D eigenvalue weighted by Crippen LogP contribution is -2.38. The average Bonchev–Trinajstić information content (AvgIpc) is 3.22. The Kier molecular flexibility index (Phi) is 4.77. The van der Waals surface area contributed by atoms with Crippen LogP contribution in [-0.2, 0) is 6.42 Å². The number of fused-ring (bicyclic) bond motifs is 1. The summed E-state index contributed by atoms with van der Waals surface area (Å²) in [5.41, 5.74) is 6.20. The van der Waals surface area contributed by atoms with Gasteiger partial charge in [-0.2, -0.15) is 13.2 Å². The first kappa shape index (κ1) is 18.2. The van der Waals surface area contributed by atoms with E-state index in [1.807, 2.05) is 0 Å². The number of nitrogens with zero attached hydrogens (tertiary/aromatic N) is 3. The smallest absolute Gasteiger partial charge is 0.393 e. The van der Waals surface area contributed by atoms with Gasteiger partial charge in [0.05, 0.1) is 18.0 Å². The highest BCUT2D eigenvalue weighted by Crippen LogP contribution is 2.36. The molecular formula is C17H18F3N5OS. The van der Waals surface area contributed by atoms with Crippen LogP contribution in [0.25, 0.3) is 10.2 Å². The number of halogens is 3. The number of anilines is 1. The lowest BCUT2D eigenvalue weighted by molar-refractivity contribution is -0.126. The molecule has 10 heteroatoms. The van der Waals surface area contributed by atoms with E-state index in [9.17, 15) is 13.2 Å². The zero-order chi connectivity index (χ0) is 19.0. The van der Waals surface area contributed by atoms with Gasteiger partial charge in [0.1, 0.15) is 23.2 Å². The van der Waals surface area contributed by atoms with Crippen LogP contribution >= 0.6 is 11.3 Å². The summed E-state index contributed by atoms with van der Waals surface area (Å²) in [5, 5.41) is 3.95. The van der Waals surface area contributed by atoms with E-state index in [2.05, 4.69) is 20.3 Å². The molecule has 0 radical (unpaired) electrons. The molecule has 144 valence electrons. The van der Waals surface area contributed by atoms with Gasteiger partial charge in [-0.05, 0) is 25.3 Å². The molecule has 3 heterocycles. The van der Waals surface area contributed by atoms with Crippen molar-refractivity contribution in [3.8, 4) is 0 Å². The summed E-state index contributed by atoms with van der Waals surface area (Å²) >= 11 is 1.04. The molecule has 3 atom stereocenters. The van der Waals surface area contributed by atoms with Crippen LogP contribution in [0.2, 0.25) is 0 Å². The van der Waals surface area contributed by atoms with E-state index < -0.39 is 12.6 Å². The van der Waals surface area contributed by atoms with Crippen molar-refractivity contribution in [2.75, 3.05) is 5.32 Å². The predicted molar refractivity (Wildman–Crippen MR) is 95.7 cm³/mol. The van der Waals surface area contributed by atoms with Crippen molar-refractivity contribution < 1.29 is 17.6 Å². The SMILES string of the molecule is N[C@@H]1C[C@H](Nc2ncnc3sc(CC(F)(F)F)cc23)C[C@H](c2ncco2)C1. The maximum Gasteiger partial charge on any atom is 0.393 e. The second-order valence-electron chi connectivity index (χ2n) is 6.82. The van der Waals surface area contributed by atoms with Gasteiger partial charge in [0, 0.05) is 22.9 Å². The minimum absolute atomic E-state index is 0.0197. The van der Waals surface area contributed by atoms with Crippen LogP contribution in [-0.4, -0.2) is 33.2 Å². The Bertz CT molecular complexity index is 911. The van der Waals surface area contributed by atoms with Crippen molar-refractivity contribution in [1.29, 1.82) is 0 Å². The minimum Gasteiger partial charge on any atom is -0.449 e. The van der Waals surface area contributed by atoms with Crippen LogP contribution in [0, 0.1) is 0 Å². The summed E-state index contributed by atoms with van der Waals surface area (Å²) in [7, 11) is 0. The molecule has 3 aromatic rings. The number of oxazole rings is 1. The first-order valence-electron chi connectivity index (χ1n) is 8.59.